The second-order valence-corrected chi connectivity index (χ2v) is 3.94. The summed E-state index contributed by atoms with van der Waals surface area (Å²) in [6, 6.07) is 0.138. The molecule has 0 aromatic carbocycles. The Morgan fingerprint density at radius 2 is 2.00 bits per heavy atom. The van der Waals surface area contributed by atoms with E-state index >= 15 is 0 Å². The van der Waals surface area contributed by atoms with E-state index in [0.29, 0.717) is 5.69 Å². The van der Waals surface area contributed by atoms with Crippen LogP contribution in [-0.2, 0) is 4.74 Å². The van der Waals surface area contributed by atoms with Crippen molar-refractivity contribution in [3.8, 4) is 6.01 Å². The zero-order valence-electron chi connectivity index (χ0n) is 10.6. The molecule has 0 aliphatic rings. The number of hydrogen-bond acceptors (Lipinski definition) is 6. The number of rotatable bonds is 5. The van der Waals surface area contributed by atoms with Crippen LogP contribution in [0.1, 0.15) is 20.8 Å². The molecule has 0 radical (unpaired) electrons. The first-order valence-corrected chi connectivity index (χ1v) is 5.58. The number of aliphatic hydroxyl groups excluding tert-OH is 1. The minimum atomic E-state index is -0.564. The zero-order chi connectivity index (χ0) is 13.5. The van der Waals surface area contributed by atoms with E-state index in [1.54, 1.807) is 20.8 Å². The number of hydrogen-bond donors (Lipinski definition) is 2. The van der Waals surface area contributed by atoms with E-state index in [1.165, 1.54) is 12.4 Å². The maximum atomic E-state index is 11.3. The number of amides is 1. The van der Waals surface area contributed by atoms with Gasteiger partial charge in [-0.2, -0.15) is 0 Å². The first-order chi connectivity index (χ1) is 8.51. The molecule has 0 unspecified atom stereocenters. The van der Waals surface area contributed by atoms with Crippen molar-refractivity contribution in [1.29, 1.82) is 0 Å². The third-order valence-electron chi connectivity index (χ3n) is 1.78. The number of carbonyl (C=O) groups is 1. The molecule has 18 heavy (non-hydrogen) atoms. The lowest BCUT2D eigenvalue weighted by Crippen LogP contribution is -2.19. The molecule has 1 aromatic heterocycles. The van der Waals surface area contributed by atoms with Gasteiger partial charge in [-0.15, -0.1) is 0 Å². The molecular weight excluding hydrogens is 238 g/mol. The van der Waals surface area contributed by atoms with Gasteiger partial charge in [0.1, 0.15) is 6.10 Å². The van der Waals surface area contributed by atoms with Crippen LogP contribution in [0.2, 0.25) is 0 Å². The Kier molecular flexibility index (Phi) is 5.31. The molecule has 0 bridgehead atoms. The van der Waals surface area contributed by atoms with Crippen molar-refractivity contribution >= 4 is 11.8 Å². The summed E-state index contributed by atoms with van der Waals surface area (Å²) in [5.74, 6) is 0. The van der Waals surface area contributed by atoms with Crippen molar-refractivity contribution in [1.82, 2.24) is 9.97 Å². The van der Waals surface area contributed by atoms with Gasteiger partial charge in [0.2, 0.25) is 0 Å². The topological polar surface area (TPSA) is 93.6 Å². The molecule has 0 saturated carbocycles. The molecule has 2 N–H and O–H groups in total. The lowest BCUT2D eigenvalue weighted by Gasteiger charge is -2.11. The molecule has 100 valence electrons. The number of nitrogens with zero attached hydrogens (tertiary/aromatic N) is 2. The SMILES string of the molecule is CC(C)OC(=O)Nc1cnc(O[C@H](C)CO)nc1. The number of carbonyl (C=O) groups excluding carboxylic acids is 1. The fourth-order valence-electron chi connectivity index (χ4n) is 1.02. The van der Waals surface area contributed by atoms with Crippen LogP contribution in [0.5, 0.6) is 6.01 Å². The predicted molar refractivity (Wildman–Crippen MR) is 64.4 cm³/mol. The molecule has 7 heteroatoms. The summed E-state index contributed by atoms with van der Waals surface area (Å²) in [6.45, 7) is 5.08. The Bertz CT molecular complexity index is 380. The first-order valence-electron chi connectivity index (χ1n) is 5.58. The Hall–Kier alpha value is -1.89. The summed E-state index contributed by atoms with van der Waals surface area (Å²) in [5.41, 5.74) is 0.407. The van der Waals surface area contributed by atoms with Gasteiger partial charge in [0, 0.05) is 0 Å². The van der Waals surface area contributed by atoms with Crippen LogP contribution >= 0.6 is 0 Å². The maximum Gasteiger partial charge on any atom is 0.411 e. The number of aliphatic hydroxyl groups is 1. The van der Waals surface area contributed by atoms with Crippen molar-refractivity contribution < 1.29 is 19.4 Å². The quantitative estimate of drug-likeness (QED) is 0.821. The largest absolute Gasteiger partial charge is 0.458 e. The fraction of sp³-hybridized carbons (Fsp3) is 0.545. The first kappa shape index (κ1) is 14.2. The van der Waals surface area contributed by atoms with Crippen LogP contribution in [0, 0.1) is 0 Å². The van der Waals surface area contributed by atoms with Crippen LogP contribution in [0.4, 0.5) is 10.5 Å². The highest BCUT2D eigenvalue weighted by molar-refractivity contribution is 5.84. The van der Waals surface area contributed by atoms with Gasteiger partial charge in [0.15, 0.2) is 0 Å². The van der Waals surface area contributed by atoms with Gasteiger partial charge in [-0.05, 0) is 20.8 Å². The summed E-state index contributed by atoms with van der Waals surface area (Å²) in [5, 5.41) is 11.3. The fourth-order valence-corrected chi connectivity index (χ4v) is 1.02. The summed E-state index contributed by atoms with van der Waals surface area (Å²) >= 11 is 0. The lowest BCUT2D eigenvalue weighted by molar-refractivity contribution is 0.120. The molecule has 0 aliphatic carbocycles. The average Bonchev–Trinajstić information content (AvgIpc) is 2.30. The lowest BCUT2D eigenvalue weighted by atomic mass is 10.4. The summed E-state index contributed by atoms with van der Waals surface area (Å²) in [6.07, 6.45) is 1.65. The highest BCUT2D eigenvalue weighted by Gasteiger charge is 2.08. The Labute approximate surface area is 105 Å². The number of aromatic nitrogens is 2. The van der Waals surface area contributed by atoms with E-state index in [4.69, 9.17) is 14.6 Å². The van der Waals surface area contributed by atoms with E-state index < -0.39 is 6.09 Å². The van der Waals surface area contributed by atoms with Gasteiger partial charge in [0.25, 0.3) is 0 Å². The number of anilines is 1. The van der Waals surface area contributed by atoms with Gasteiger partial charge in [-0.1, -0.05) is 0 Å². The predicted octanol–water partition coefficient (Wildman–Crippen LogP) is 1.19. The van der Waals surface area contributed by atoms with Crippen molar-refractivity contribution in [3.63, 3.8) is 0 Å². The van der Waals surface area contributed by atoms with Crippen molar-refractivity contribution in [2.45, 2.75) is 33.0 Å². The minimum Gasteiger partial charge on any atom is -0.458 e. The normalized spacial score (nSPS) is 12.1. The molecule has 0 aliphatic heterocycles. The van der Waals surface area contributed by atoms with Crippen LogP contribution in [0.25, 0.3) is 0 Å². The van der Waals surface area contributed by atoms with Gasteiger partial charge >= 0.3 is 12.1 Å². The van der Waals surface area contributed by atoms with E-state index in [1.807, 2.05) is 0 Å². The molecule has 7 nitrogen and oxygen atoms in total. The summed E-state index contributed by atoms with van der Waals surface area (Å²) in [4.78, 5) is 19.0. The smallest absolute Gasteiger partial charge is 0.411 e. The van der Waals surface area contributed by atoms with E-state index in [0.717, 1.165) is 0 Å². The van der Waals surface area contributed by atoms with Gasteiger partial charge in [0.05, 0.1) is 30.8 Å². The zero-order valence-corrected chi connectivity index (χ0v) is 10.6. The number of nitrogens with one attached hydrogen (secondary N) is 1. The van der Waals surface area contributed by atoms with Crippen molar-refractivity contribution in [2.75, 3.05) is 11.9 Å². The highest BCUT2D eigenvalue weighted by atomic mass is 16.6. The Balaban J connectivity index is 2.52. The maximum absolute atomic E-state index is 11.3. The summed E-state index contributed by atoms with van der Waals surface area (Å²) in [7, 11) is 0. The van der Waals surface area contributed by atoms with Crippen LogP contribution in [-0.4, -0.2) is 40.0 Å². The molecule has 1 atom stereocenters. The van der Waals surface area contributed by atoms with Crippen molar-refractivity contribution in [3.05, 3.63) is 12.4 Å². The molecule has 0 spiro atoms. The summed E-state index contributed by atoms with van der Waals surface area (Å²) < 4.78 is 10.1. The molecule has 1 heterocycles. The van der Waals surface area contributed by atoms with Gasteiger partial charge < -0.3 is 14.6 Å². The minimum absolute atomic E-state index is 0.121. The standard InChI is InChI=1S/C11H17N3O4/c1-7(2)17-11(16)14-9-4-12-10(13-5-9)18-8(3)6-15/h4-5,7-8,15H,6H2,1-3H3,(H,14,16)/t8-/m1/s1. The Morgan fingerprint density at radius 3 is 2.50 bits per heavy atom. The van der Waals surface area contributed by atoms with E-state index in [-0.39, 0.29) is 24.8 Å². The molecule has 1 amide bonds. The molecule has 0 saturated heterocycles. The second-order valence-electron chi connectivity index (χ2n) is 3.94. The third kappa shape index (κ3) is 4.96. The van der Waals surface area contributed by atoms with Gasteiger partial charge in [-0.25, -0.2) is 14.8 Å². The van der Waals surface area contributed by atoms with Gasteiger partial charge in [-0.3, -0.25) is 5.32 Å². The molecule has 1 aromatic rings. The van der Waals surface area contributed by atoms with Crippen LogP contribution < -0.4 is 10.1 Å². The average molecular weight is 255 g/mol. The Morgan fingerprint density at radius 1 is 1.39 bits per heavy atom. The van der Waals surface area contributed by atoms with E-state index in [2.05, 4.69) is 15.3 Å². The molecule has 0 fully saturated rings. The second kappa shape index (κ2) is 6.75. The third-order valence-corrected chi connectivity index (χ3v) is 1.78. The van der Waals surface area contributed by atoms with Crippen LogP contribution in [0.15, 0.2) is 12.4 Å². The number of ether oxygens (including phenoxy) is 2. The van der Waals surface area contributed by atoms with E-state index in [9.17, 15) is 4.79 Å². The highest BCUT2D eigenvalue weighted by Crippen LogP contribution is 2.09. The monoisotopic (exact) mass is 255 g/mol. The van der Waals surface area contributed by atoms with Crippen molar-refractivity contribution in [2.24, 2.45) is 0 Å². The molecule has 1 rings (SSSR count). The molecular formula is C11H17N3O4. The van der Waals surface area contributed by atoms with Crippen LogP contribution in [0.3, 0.4) is 0 Å².